The molecule has 1 rings (SSSR count). The minimum absolute atomic E-state index is 0.111. The molecule has 2 heteroatoms. The van der Waals surface area contributed by atoms with Crippen molar-refractivity contribution >= 4 is 0 Å². The van der Waals surface area contributed by atoms with E-state index in [4.69, 9.17) is 4.74 Å². The van der Waals surface area contributed by atoms with Gasteiger partial charge in [-0.2, -0.15) is 0 Å². The van der Waals surface area contributed by atoms with Crippen LogP contribution in [0.4, 0.5) is 0 Å². The Kier molecular flexibility index (Phi) is 6.54. The van der Waals surface area contributed by atoms with Crippen LogP contribution in [0.1, 0.15) is 53.5 Å². The van der Waals surface area contributed by atoms with Gasteiger partial charge in [-0.15, -0.1) is 0 Å². The van der Waals surface area contributed by atoms with Crippen LogP contribution in [0.25, 0.3) is 0 Å². The molecule has 0 spiro atoms. The molecule has 0 saturated carbocycles. The summed E-state index contributed by atoms with van der Waals surface area (Å²) in [6.07, 6.45) is 1.25. The molecule has 2 nitrogen and oxygen atoms in total. The van der Waals surface area contributed by atoms with Crippen molar-refractivity contribution in [2.24, 2.45) is 5.92 Å². The zero-order valence-electron chi connectivity index (χ0n) is 14.0. The van der Waals surface area contributed by atoms with E-state index in [0.29, 0.717) is 5.92 Å². The van der Waals surface area contributed by atoms with Gasteiger partial charge in [0.2, 0.25) is 0 Å². The Labute approximate surface area is 124 Å². The van der Waals surface area contributed by atoms with Gasteiger partial charge < -0.3 is 10.1 Å². The number of nitrogens with one attached hydrogen (secondary N) is 1. The smallest absolute Gasteiger partial charge is 0.123 e. The maximum absolute atomic E-state index is 6.24. The molecule has 0 aromatic heterocycles. The molecule has 0 radical (unpaired) electrons. The minimum atomic E-state index is 0.111. The average Bonchev–Trinajstić information content (AvgIpc) is 2.36. The second-order valence-corrected chi connectivity index (χ2v) is 6.95. The molecule has 1 aromatic rings. The zero-order chi connectivity index (χ0) is 15.2. The van der Waals surface area contributed by atoms with Crippen molar-refractivity contribution in [3.63, 3.8) is 0 Å². The summed E-state index contributed by atoms with van der Waals surface area (Å²) in [6.45, 7) is 15.3. The van der Waals surface area contributed by atoms with E-state index in [9.17, 15) is 0 Å². The van der Waals surface area contributed by atoms with Crippen molar-refractivity contribution in [3.8, 4) is 5.75 Å². The first-order chi connectivity index (χ1) is 9.34. The van der Waals surface area contributed by atoms with E-state index in [0.717, 1.165) is 25.3 Å². The van der Waals surface area contributed by atoms with E-state index in [1.165, 1.54) is 5.56 Å². The Hall–Kier alpha value is -1.02. The Morgan fingerprint density at radius 3 is 2.30 bits per heavy atom. The standard InChI is InChI=1S/C18H31NO/c1-7-15(13-19-12-14(2)3)20-17-11-9-8-10-16(17)18(4,5)6/h8-11,14-15,19H,7,12-13H2,1-6H3. The molecule has 0 amide bonds. The summed E-state index contributed by atoms with van der Waals surface area (Å²) in [7, 11) is 0. The van der Waals surface area contributed by atoms with E-state index in [1.54, 1.807) is 0 Å². The van der Waals surface area contributed by atoms with Crippen molar-refractivity contribution in [3.05, 3.63) is 29.8 Å². The van der Waals surface area contributed by atoms with Crippen LogP contribution in [-0.2, 0) is 5.41 Å². The lowest BCUT2D eigenvalue weighted by atomic mass is 9.86. The SMILES string of the molecule is CCC(CNCC(C)C)Oc1ccccc1C(C)(C)C. The molecular formula is C18H31NO. The first kappa shape index (κ1) is 17.0. The second-order valence-electron chi connectivity index (χ2n) is 6.95. The predicted octanol–water partition coefficient (Wildman–Crippen LogP) is 4.39. The van der Waals surface area contributed by atoms with Crippen LogP contribution < -0.4 is 10.1 Å². The normalized spacial score (nSPS) is 13.6. The number of rotatable bonds is 7. The van der Waals surface area contributed by atoms with Crippen molar-refractivity contribution in [1.82, 2.24) is 5.32 Å². The number of benzene rings is 1. The molecule has 1 atom stereocenters. The molecule has 0 saturated heterocycles. The molecule has 0 bridgehead atoms. The lowest BCUT2D eigenvalue weighted by molar-refractivity contribution is 0.188. The highest BCUT2D eigenvalue weighted by molar-refractivity contribution is 5.38. The van der Waals surface area contributed by atoms with Gasteiger partial charge in [-0.05, 0) is 35.9 Å². The van der Waals surface area contributed by atoms with E-state index < -0.39 is 0 Å². The van der Waals surface area contributed by atoms with E-state index in [-0.39, 0.29) is 11.5 Å². The molecule has 114 valence electrons. The molecule has 0 fully saturated rings. The van der Waals surface area contributed by atoms with Gasteiger partial charge in [0.1, 0.15) is 11.9 Å². The summed E-state index contributed by atoms with van der Waals surface area (Å²) in [5, 5.41) is 3.49. The molecular weight excluding hydrogens is 246 g/mol. The summed E-state index contributed by atoms with van der Waals surface area (Å²) >= 11 is 0. The van der Waals surface area contributed by atoms with E-state index in [1.807, 2.05) is 0 Å². The molecule has 0 aliphatic rings. The highest BCUT2D eigenvalue weighted by Crippen LogP contribution is 2.31. The van der Waals surface area contributed by atoms with E-state index in [2.05, 4.69) is 71.1 Å². The van der Waals surface area contributed by atoms with Gasteiger partial charge in [-0.3, -0.25) is 0 Å². The monoisotopic (exact) mass is 277 g/mol. The Bertz CT molecular complexity index is 393. The van der Waals surface area contributed by atoms with Crippen LogP contribution in [0.5, 0.6) is 5.75 Å². The van der Waals surface area contributed by atoms with Gasteiger partial charge in [-0.25, -0.2) is 0 Å². The van der Waals surface area contributed by atoms with Gasteiger partial charge >= 0.3 is 0 Å². The fraction of sp³-hybridized carbons (Fsp3) is 0.667. The number of hydrogen-bond donors (Lipinski definition) is 1. The summed E-state index contributed by atoms with van der Waals surface area (Å²) < 4.78 is 6.24. The third-order valence-electron chi connectivity index (χ3n) is 3.37. The minimum Gasteiger partial charge on any atom is -0.489 e. The first-order valence-electron chi connectivity index (χ1n) is 7.81. The van der Waals surface area contributed by atoms with Crippen LogP contribution in [0.15, 0.2) is 24.3 Å². The van der Waals surface area contributed by atoms with Crippen LogP contribution in [0.2, 0.25) is 0 Å². The molecule has 0 aliphatic heterocycles. The van der Waals surface area contributed by atoms with Gasteiger partial charge in [0.05, 0.1) is 0 Å². The second kappa shape index (κ2) is 7.68. The highest BCUT2D eigenvalue weighted by Gasteiger charge is 2.20. The fourth-order valence-corrected chi connectivity index (χ4v) is 2.17. The Balaban J connectivity index is 2.70. The van der Waals surface area contributed by atoms with Crippen LogP contribution >= 0.6 is 0 Å². The summed E-state index contributed by atoms with van der Waals surface area (Å²) in [6, 6.07) is 8.40. The van der Waals surface area contributed by atoms with Crippen LogP contribution in [-0.4, -0.2) is 19.2 Å². The Morgan fingerprint density at radius 1 is 1.10 bits per heavy atom. The van der Waals surface area contributed by atoms with Gasteiger partial charge in [0.15, 0.2) is 0 Å². The summed E-state index contributed by atoms with van der Waals surface area (Å²) in [5.41, 5.74) is 1.39. The molecule has 0 heterocycles. The zero-order valence-corrected chi connectivity index (χ0v) is 14.0. The average molecular weight is 277 g/mol. The van der Waals surface area contributed by atoms with Gasteiger partial charge in [0, 0.05) is 6.54 Å². The van der Waals surface area contributed by atoms with Gasteiger partial charge in [-0.1, -0.05) is 59.7 Å². The topological polar surface area (TPSA) is 21.3 Å². The van der Waals surface area contributed by atoms with E-state index >= 15 is 0 Å². The lowest BCUT2D eigenvalue weighted by Crippen LogP contribution is -2.33. The molecule has 1 aromatic carbocycles. The maximum atomic E-state index is 6.24. The first-order valence-corrected chi connectivity index (χ1v) is 7.81. The largest absolute Gasteiger partial charge is 0.489 e. The van der Waals surface area contributed by atoms with Gasteiger partial charge in [0.25, 0.3) is 0 Å². The number of ether oxygens (including phenoxy) is 1. The predicted molar refractivity (Wildman–Crippen MR) is 87.6 cm³/mol. The quantitative estimate of drug-likeness (QED) is 0.798. The molecule has 0 aliphatic carbocycles. The third-order valence-corrected chi connectivity index (χ3v) is 3.37. The number of para-hydroxylation sites is 1. The van der Waals surface area contributed by atoms with Crippen molar-refractivity contribution in [2.75, 3.05) is 13.1 Å². The lowest BCUT2D eigenvalue weighted by Gasteiger charge is -2.26. The van der Waals surface area contributed by atoms with Crippen molar-refractivity contribution in [1.29, 1.82) is 0 Å². The van der Waals surface area contributed by atoms with Crippen molar-refractivity contribution in [2.45, 2.75) is 59.5 Å². The molecule has 1 N–H and O–H groups in total. The highest BCUT2D eigenvalue weighted by atomic mass is 16.5. The number of hydrogen-bond acceptors (Lipinski definition) is 2. The Morgan fingerprint density at radius 2 is 1.75 bits per heavy atom. The molecule has 20 heavy (non-hydrogen) atoms. The fourth-order valence-electron chi connectivity index (χ4n) is 2.17. The molecule has 1 unspecified atom stereocenters. The van der Waals surface area contributed by atoms with Crippen LogP contribution in [0.3, 0.4) is 0 Å². The third kappa shape index (κ3) is 5.54. The van der Waals surface area contributed by atoms with Crippen molar-refractivity contribution < 1.29 is 4.74 Å². The maximum Gasteiger partial charge on any atom is 0.123 e. The van der Waals surface area contributed by atoms with Crippen LogP contribution in [0, 0.1) is 5.92 Å². The summed E-state index contributed by atoms with van der Waals surface area (Å²) in [4.78, 5) is 0. The summed E-state index contributed by atoms with van der Waals surface area (Å²) in [5.74, 6) is 1.70.